The number of carboxylic acid groups (broad SMARTS) is 1. The van der Waals surface area contributed by atoms with Gasteiger partial charge >= 0.3 is 0 Å². The number of ether oxygens (including phenoxy) is 1. The summed E-state index contributed by atoms with van der Waals surface area (Å²) in [6, 6.07) is 10.3. The van der Waals surface area contributed by atoms with Gasteiger partial charge in [0, 0.05) is 0 Å². The molecule has 0 saturated carbocycles. The fourth-order valence-corrected chi connectivity index (χ4v) is 1.98. The highest BCUT2D eigenvalue weighted by atomic mass is 79.9. The summed E-state index contributed by atoms with van der Waals surface area (Å²) in [7, 11) is 0. The molecule has 0 aliphatic carbocycles. The molecule has 3 nitrogen and oxygen atoms in total. The van der Waals surface area contributed by atoms with Gasteiger partial charge in [0.05, 0.1) is 10.4 Å². The fraction of sp³-hybridized carbons (Fsp3) is 0.0714. The lowest BCUT2D eigenvalue weighted by Crippen LogP contribution is -2.22. The summed E-state index contributed by atoms with van der Waals surface area (Å²) in [5, 5.41) is 10.7. The fourth-order valence-electron chi connectivity index (χ4n) is 1.49. The van der Waals surface area contributed by atoms with Gasteiger partial charge in [0.15, 0.2) is 0 Å². The van der Waals surface area contributed by atoms with Crippen LogP contribution in [0.15, 0.2) is 46.9 Å². The Hall–Kier alpha value is -1.88. The van der Waals surface area contributed by atoms with Gasteiger partial charge in [-0.3, -0.25) is 0 Å². The Kier molecular flexibility index (Phi) is 4.16. The minimum absolute atomic E-state index is 0.0704. The Balaban J connectivity index is 2.07. The first kappa shape index (κ1) is 13.5. The van der Waals surface area contributed by atoms with Crippen LogP contribution in [0.4, 0.5) is 4.39 Å². The zero-order chi connectivity index (χ0) is 13.8. The number of hydrogen-bond donors (Lipinski definition) is 0. The van der Waals surface area contributed by atoms with Crippen molar-refractivity contribution in [2.75, 3.05) is 0 Å². The van der Waals surface area contributed by atoms with Crippen molar-refractivity contribution in [2.45, 2.75) is 6.61 Å². The summed E-state index contributed by atoms with van der Waals surface area (Å²) in [5.74, 6) is -1.04. The second kappa shape index (κ2) is 5.84. The average molecular weight is 324 g/mol. The van der Waals surface area contributed by atoms with E-state index in [4.69, 9.17) is 4.74 Å². The number of halogens is 2. The Bertz CT molecular complexity index is 596. The van der Waals surface area contributed by atoms with Crippen molar-refractivity contribution in [3.63, 3.8) is 0 Å². The number of rotatable bonds is 4. The highest BCUT2D eigenvalue weighted by molar-refractivity contribution is 9.10. The normalized spacial score (nSPS) is 10.2. The van der Waals surface area contributed by atoms with Crippen LogP contribution in [-0.2, 0) is 6.61 Å². The summed E-state index contributed by atoms with van der Waals surface area (Å²) in [5.41, 5.74) is 0.887. The monoisotopic (exact) mass is 323 g/mol. The molecule has 0 bridgehead atoms. The lowest BCUT2D eigenvalue weighted by molar-refractivity contribution is -0.255. The van der Waals surface area contributed by atoms with Crippen molar-refractivity contribution in [2.24, 2.45) is 0 Å². The minimum atomic E-state index is -1.24. The van der Waals surface area contributed by atoms with Crippen molar-refractivity contribution < 1.29 is 19.0 Å². The van der Waals surface area contributed by atoms with Gasteiger partial charge in [-0.25, -0.2) is 4.39 Å². The van der Waals surface area contributed by atoms with E-state index in [0.29, 0.717) is 10.2 Å². The van der Waals surface area contributed by atoms with Gasteiger partial charge in [-0.2, -0.15) is 0 Å². The van der Waals surface area contributed by atoms with E-state index in [2.05, 4.69) is 15.9 Å². The molecule has 0 spiro atoms. The first-order valence-electron chi connectivity index (χ1n) is 5.44. The van der Waals surface area contributed by atoms with Gasteiger partial charge in [-0.05, 0) is 57.4 Å². The van der Waals surface area contributed by atoms with E-state index < -0.39 is 5.97 Å². The van der Waals surface area contributed by atoms with Gasteiger partial charge in [-0.15, -0.1) is 0 Å². The predicted molar refractivity (Wildman–Crippen MR) is 69.2 cm³/mol. The molecule has 2 rings (SSSR count). The van der Waals surface area contributed by atoms with Crippen LogP contribution in [0.1, 0.15) is 15.9 Å². The van der Waals surface area contributed by atoms with Crippen molar-refractivity contribution in [1.82, 2.24) is 0 Å². The molecule has 2 aromatic carbocycles. The molecule has 19 heavy (non-hydrogen) atoms. The topological polar surface area (TPSA) is 49.4 Å². The molecule has 0 aromatic heterocycles. The molecule has 98 valence electrons. The number of benzene rings is 2. The van der Waals surface area contributed by atoms with E-state index in [1.54, 1.807) is 18.2 Å². The number of aromatic carboxylic acids is 1. The highest BCUT2D eigenvalue weighted by Crippen LogP contribution is 2.26. The Morgan fingerprint density at radius 2 is 1.89 bits per heavy atom. The number of carboxylic acids is 1. The van der Waals surface area contributed by atoms with Crippen molar-refractivity contribution in [1.29, 1.82) is 0 Å². The standard InChI is InChI=1S/C14H10BrFO3/c15-12-7-10(14(17)18)3-6-13(12)19-8-9-1-4-11(16)5-2-9/h1-7H,8H2,(H,17,18)/p-1. The van der Waals surface area contributed by atoms with E-state index >= 15 is 0 Å². The van der Waals surface area contributed by atoms with Crippen molar-refractivity contribution >= 4 is 21.9 Å². The maximum atomic E-state index is 12.7. The molecule has 0 radical (unpaired) electrons. The second-order valence-electron chi connectivity index (χ2n) is 3.85. The summed E-state index contributed by atoms with van der Waals surface area (Å²) < 4.78 is 18.8. The number of hydrogen-bond acceptors (Lipinski definition) is 3. The van der Waals surface area contributed by atoms with E-state index in [-0.39, 0.29) is 18.0 Å². The minimum Gasteiger partial charge on any atom is -0.545 e. The summed E-state index contributed by atoms with van der Waals surface area (Å²) in [6.45, 7) is 0.267. The zero-order valence-corrected chi connectivity index (χ0v) is 11.3. The largest absolute Gasteiger partial charge is 0.545 e. The van der Waals surface area contributed by atoms with Crippen LogP contribution >= 0.6 is 15.9 Å². The molecular formula is C14H9BrFO3-. The quantitative estimate of drug-likeness (QED) is 0.868. The van der Waals surface area contributed by atoms with Crippen LogP contribution in [0.2, 0.25) is 0 Å². The van der Waals surface area contributed by atoms with Crippen LogP contribution in [-0.4, -0.2) is 5.97 Å². The summed E-state index contributed by atoms with van der Waals surface area (Å²) in [4.78, 5) is 10.7. The van der Waals surface area contributed by atoms with Crippen molar-refractivity contribution in [3.05, 3.63) is 63.9 Å². The average Bonchev–Trinajstić information content (AvgIpc) is 2.39. The van der Waals surface area contributed by atoms with Crippen molar-refractivity contribution in [3.8, 4) is 5.75 Å². The molecule has 5 heteroatoms. The molecule has 0 heterocycles. The van der Waals surface area contributed by atoms with Crippen LogP contribution in [0.5, 0.6) is 5.75 Å². The molecule has 0 amide bonds. The summed E-state index contributed by atoms with van der Waals surface area (Å²) >= 11 is 3.22. The number of carbonyl (C=O) groups excluding carboxylic acids is 1. The smallest absolute Gasteiger partial charge is 0.134 e. The highest BCUT2D eigenvalue weighted by Gasteiger charge is 2.04. The maximum Gasteiger partial charge on any atom is 0.134 e. The van der Waals surface area contributed by atoms with Gasteiger partial charge in [-0.1, -0.05) is 12.1 Å². The number of carbonyl (C=O) groups is 1. The van der Waals surface area contributed by atoms with Gasteiger partial charge in [0.2, 0.25) is 0 Å². The van der Waals surface area contributed by atoms with Gasteiger partial charge in [0.1, 0.15) is 18.2 Å². The maximum absolute atomic E-state index is 12.7. The van der Waals surface area contributed by atoms with Gasteiger partial charge < -0.3 is 14.6 Å². The predicted octanol–water partition coefficient (Wildman–Crippen LogP) is 2.53. The first-order chi connectivity index (χ1) is 9.06. The molecule has 0 atom stereocenters. The molecule has 0 saturated heterocycles. The Morgan fingerprint density at radius 3 is 2.47 bits per heavy atom. The van der Waals surface area contributed by atoms with Crippen LogP contribution in [0.3, 0.4) is 0 Å². The molecule has 0 N–H and O–H groups in total. The Labute approximate surface area is 117 Å². The second-order valence-corrected chi connectivity index (χ2v) is 4.70. The lowest BCUT2D eigenvalue weighted by atomic mass is 10.2. The summed E-state index contributed by atoms with van der Waals surface area (Å²) in [6.07, 6.45) is 0. The molecule has 2 aromatic rings. The van der Waals surface area contributed by atoms with E-state index in [1.807, 2.05) is 0 Å². The molecular weight excluding hydrogens is 315 g/mol. The third-order valence-electron chi connectivity index (χ3n) is 2.48. The Morgan fingerprint density at radius 1 is 1.21 bits per heavy atom. The first-order valence-corrected chi connectivity index (χ1v) is 6.23. The zero-order valence-electron chi connectivity index (χ0n) is 9.73. The molecule has 0 unspecified atom stereocenters. The van der Waals surface area contributed by atoms with Gasteiger partial charge in [0.25, 0.3) is 0 Å². The third kappa shape index (κ3) is 3.54. The van der Waals surface area contributed by atoms with E-state index in [9.17, 15) is 14.3 Å². The van der Waals surface area contributed by atoms with Crippen LogP contribution in [0, 0.1) is 5.82 Å². The SMILES string of the molecule is O=C([O-])c1ccc(OCc2ccc(F)cc2)c(Br)c1. The molecule has 0 aliphatic rings. The lowest BCUT2D eigenvalue weighted by Gasteiger charge is -2.10. The molecule has 0 fully saturated rings. The van der Waals surface area contributed by atoms with Crippen LogP contribution < -0.4 is 9.84 Å². The van der Waals surface area contributed by atoms with E-state index in [1.165, 1.54) is 24.3 Å². The van der Waals surface area contributed by atoms with E-state index in [0.717, 1.165) is 5.56 Å². The third-order valence-corrected chi connectivity index (χ3v) is 3.09. The van der Waals surface area contributed by atoms with Crippen LogP contribution in [0.25, 0.3) is 0 Å². The molecule has 0 aliphatic heterocycles.